The van der Waals surface area contributed by atoms with E-state index in [2.05, 4.69) is 28.6 Å². The quantitative estimate of drug-likeness (QED) is 0.238. The van der Waals surface area contributed by atoms with Gasteiger partial charge < -0.3 is 9.30 Å². The monoisotopic (exact) mass is 408 g/mol. The standard InChI is InChI=1S/C22H33ClN2OS/c1-2-3-4-5-6-7-8-9-16-26-21(17-25-15-14-24-19-25)18-27-22-12-10-20(23)11-13-22/h10-15,19,21H,2-9,16-18H2,1H3. The van der Waals surface area contributed by atoms with Crippen LogP contribution in [0.2, 0.25) is 5.02 Å². The summed E-state index contributed by atoms with van der Waals surface area (Å²) < 4.78 is 8.31. The van der Waals surface area contributed by atoms with Crippen LogP contribution in [0.4, 0.5) is 0 Å². The molecular formula is C22H33ClN2OS. The van der Waals surface area contributed by atoms with E-state index in [1.165, 1.54) is 49.8 Å². The summed E-state index contributed by atoms with van der Waals surface area (Å²) in [6.45, 7) is 3.95. The molecule has 0 bridgehead atoms. The lowest BCUT2D eigenvalue weighted by Crippen LogP contribution is -2.23. The number of rotatable bonds is 15. The Morgan fingerprint density at radius 1 is 1.04 bits per heavy atom. The van der Waals surface area contributed by atoms with Gasteiger partial charge in [-0.05, 0) is 30.7 Å². The molecule has 0 fully saturated rings. The Morgan fingerprint density at radius 3 is 2.41 bits per heavy atom. The Hall–Kier alpha value is -0.970. The Balaban J connectivity index is 1.66. The predicted octanol–water partition coefficient (Wildman–Crippen LogP) is 6.85. The second-order valence-corrected chi connectivity index (χ2v) is 8.52. The number of hydrogen-bond donors (Lipinski definition) is 0. The third-order valence-corrected chi connectivity index (χ3v) is 5.97. The molecule has 0 aliphatic heterocycles. The van der Waals surface area contributed by atoms with Crippen LogP contribution < -0.4 is 0 Å². The highest BCUT2D eigenvalue weighted by Crippen LogP contribution is 2.22. The third-order valence-electron chi connectivity index (χ3n) is 4.57. The molecule has 27 heavy (non-hydrogen) atoms. The minimum absolute atomic E-state index is 0.185. The Kier molecular flexibility index (Phi) is 11.6. The van der Waals surface area contributed by atoms with Crippen LogP contribution in [0.5, 0.6) is 0 Å². The Labute approximate surface area is 173 Å². The lowest BCUT2D eigenvalue weighted by molar-refractivity contribution is 0.0548. The number of nitrogens with zero attached hydrogens (tertiary/aromatic N) is 2. The minimum atomic E-state index is 0.185. The van der Waals surface area contributed by atoms with E-state index in [-0.39, 0.29) is 6.10 Å². The van der Waals surface area contributed by atoms with Gasteiger partial charge in [-0.1, -0.05) is 63.5 Å². The SMILES string of the molecule is CCCCCCCCCCOC(CSc1ccc(Cl)cc1)Cn1ccnc1. The van der Waals surface area contributed by atoms with Crippen LogP contribution in [0.15, 0.2) is 47.9 Å². The van der Waals surface area contributed by atoms with Crippen molar-refractivity contribution in [3.05, 3.63) is 48.0 Å². The minimum Gasteiger partial charge on any atom is -0.375 e. The van der Waals surface area contributed by atoms with Gasteiger partial charge in [0.1, 0.15) is 0 Å². The van der Waals surface area contributed by atoms with E-state index in [0.29, 0.717) is 0 Å². The van der Waals surface area contributed by atoms with Crippen LogP contribution in [-0.4, -0.2) is 28.0 Å². The summed E-state index contributed by atoms with van der Waals surface area (Å²) in [6.07, 6.45) is 16.5. The number of aromatic nitrogens is 2. The molecule has 2 aromatic rings. The molecule has 1 heterocycles. The summed E-state index contributed by atoms with van der Waals surface area (Å²) in [7, 11) is 0. The number of unbranched alkanes of at least 4 members (excludes halogenated alkanes) is 7. The number of halogens is 1. The first-order valence-corrected chi connectivity index (χ1v) is 11.6. The summed E-state index contributed by atoms with van der Waals surface area (Å²) in [5.74, 6) is 0.927. The predicted molar refractivity (Wildman–Crippen MR) is 117 cm³/mol. The smallest absolute Gasteiger partial charge is 0.0946 e. The first kappa shape index (κ1) is 22.3. The largest absolute Gasteiger partial charge is 0.375 e. The molecule has 1 aromatic heterocycles. The van der Waals surface area contributed by atoms with E-state index in [9.17, 15) is 0 Å². The van der Waals surface area contributed by atoms with Crippen molar-refractivity contribution in [3.8, 4) is 0 Å². The average molecular weight is 409 g/mol. The van der Waals surface area contributed by atoms with E-state index in [1.807, 2.05) is 42.6 Å². The zero-order valence-corrected chi connectivity index (χ0v) is 18.1. The molecule has 0 N–H and O–H groups in total. The molecule has 0 aliphatic rings. The van der Waals surface area contributed by atoms with E-state index in [1.54, 1.807) is 0 Å². The first-order valence-electron chi connectivity index (χ1n) is 10.2. The van der Waals surface area contributed by atoms with Crippen molar-refractivity contribution >= 4 is 23.4 Å². The maximum atomic E-state index is 6.21. The maximum Gasteiger partial charge on any atom is 0.0946 e. The molecule has 1 atom stereocenters. The maximum absolute atomic E-state index is 6.21. The number of hydrogen-bond acceptors (Lipinski definition) is 3. The Morgan fingerprint density at radius 2 is 1.74 bits per heavy atom. The lowest BCUT2D eigenvalue weighted by Gasteiger charge is -2.18. The van der Waals surface area contributed by atoms with Crippen LogP contribution >= 0.6 is 23.4 Å². The summed E-state index contributed by atoms with van der Waals surface area (Å²) in [4.78, 5) is 5.37. The highest BCUT2D eigenvalue weighted by atomic mass is 35.5. The zero-order chi connectivity index (χ0) is 19.2. The van der Waals surface area contributed by atoms with Gasteiger partial charge in [0.05, 0.1) is 19.0 Å². The van der Waals surface area contributed by atoms with Crippen LogP contribution in [0, 0.1) is 0 Å². The molecule has 0 saturated heterocycles. The Bertz CT molecular complexity index is 589. The zero-order valence-electron chi connectivity index (χ0n) is 16.5. The summed E-state index contributed by atoms with van der Waals surface area (Å²) in [6, 6.07) is 8.02. The van der Waals surface area contributed by atoms with Gasteiger partial charge in [-0.25, -0.2) is 4.98 Å². The van der Waals surface area contributed by atoms with Crippen LogP contribution in [0.3, 0.4) is 0 Å². The van der Waals surface area contributed by atoms with Crippen molar-refractivity contribution in [2.75, 3.05) is 12.4 Å². The van der Waals surface area contributed by atoms with E-state index in [0.717, 1.165) is 30.3 Å². The highest BCUT2D eigenvalue weighted by molar-refractivity contribution is 7.99. The molecule has 0 radical (unpaired) electrons. The van der Waals surface area contributed by atoms with Crippen LogP contribution in [-0.2, 0) is 11.3 Å². The molecule has 3 nitrogen and oxygen atoms in total. The van der Waals surface area contributed by atoms with Crippen molar-refractivity contribution < 1.29 is 4.74 Å². The number of ether oxygens (including phenoxy) is 1. The molecule has 0 spiro atoms. The second-order valence-electron chi connectivity index (χ2n) is 6.99. The van der Waals surface area contributed by atoms with Gasteiger partial charge in [-0.15, -0.1) is 11.8 Å². The van der Waals surface area contributed by atoms with Crippen LogP contribution in [0.25, 0.3) is 0 Å². The van der Waals surface area contributed by atoms with Gasteiger partial charge >= 0.3 is 0 Å². The molecule has 1 unspecified atom stereocenters. The van der Waals surface area contributed by atoms with Gasteiger partial charge in [0.15, 0.2) is 0 Å². The first-order chi connectivity index (χ1) is 13.3. The molecule has 5 heteroatoms. The second kappa shape index (κ2) is 14.1. The van der Waals surface area contributed by atoms with E-state index in [4.69, 9.17) is 16.3 Å². The number of thioether (sulfide) groups is 1. The average Bonchev–Trinajstić information content (AvgIpc) is 3.19. The van der Waals surface area contributed by atoms with Crippen molar-refractivity contribution in [2.24, 2.45) is 0 Å². The van der Waals surface area contributed by atoms with Gasteiger partial charge in [-0.2, -0.15) is 0 Å². The topological polar surface area (TPSA) is 27.1 Å². The van der Waals surface area contributed by atoms with Crippen molar-refractivity contribution in [1.29, 1.82) is 0 Å². The molecule has 0 amide bonds. The summed E-state index contributed by atoms with van der Waals surface area (Å²) >= 11 is 7.79. The normalized spacial score (nSPS) is 12.4. The fourth-order valence-electron chi connectivity index (χ4n) is 2.99. The van der Waals surface area contributed by atoms with Crippen LogP contribution in [0.1, 0.15) is 58.3 Å². The van der Waals surface area contributed by atoms with E-state index < -0.39 is 0 Å². The fraction of sp³-hybridized carbons (Fsp3) is 0.591. The fourth-order valence-corrected chi connectivity index (χ4v) is 4.02. The molecule has 0 aliphatic carbocycles. The van der Waals surface area contributed by atoms with Crippen molar-refractivity contribution in [2.45, 2.75) is 75.8 Å². The van der Waals surface area contributed by atoms with E-state index >= 15 is 0 Å². The van der Waals surface area contributed by atoms with Crippen molar-refractivity contribution in [1.82, 2.24) is 9.55 Å². The highest BCUT2D eigenvalue weighted by Gasteiger charge is 2.11. The van der Waals surface area contributed by atoms with Gasteiger partial charge in [0.25, 0.3) is 0 Å². The van der Waals surface area contributed by atoms with Crippen molar-refractivity contribution in [3.63, 3.8) is 0 Å². The van der Waals surface area contributed by atoms with Gasteiger partial charge in [0.2, 0.25) is 0 Å². The molecule has 150 valence electrons. The lowest BCUT2D eigenvalue weighted by atomic mass is 10.1. The third kappa shape index (κ3) is 10.2. The summed E-state index contributed by atoms with van der Waals surface area (Å²) in [5.41, 5.74) is 0. The molecular weight excluding hydrogens is 376 g/mol. The molecule has 2 rings (SSSR count). The number of imidazole rings is 1. The molecule has 0 saturated carbocycles. The summed E-state index contributed by atoms with van der Waals surface area (Å²) in [5, 5.41) is 0.778. The molecule has 1 aromatic carbocycles. The van der Waals surface area contributed by atoms with Gasteiger partial charge in [0, 0.05) is 34.7 Å². The van der Waals surface area contributed by atoms with Gasteiger partial charge in [-0.3, -0.25) is 0 Å². The number of benzene rings is 1.